The molecule has 2 N–H and O–H groups in total. The monoisotopic (exact) mass is 441 g/mol. The SMILES string of the molecule is COc1ccc(OC)c(C2CC(=O)Nc3nc(SCc4ccc(F)cc4)[nH]c(=O)c32)c1. The van der Waals surface area contributed by atoms with Crippen LogP contribution in [0.5, 0.6) is 11.5 Å². The standard InChI is InChI=1S/C22H20FN3O4S/c1-29-14-7-8-17(30-2)15(9-14)16-10-18(27)24-20-19(16)21(28)26-22(25-20)31-11-12-3-5-13(23)6-4-12/h3-9,16H,10-11H2,1-2H3,(H2,24,25,26,27,28). The maximum atomic E-state index is 13.1. The van der Waals surface area contributed by atoms with Crippen LogP contribution in [0.25, 0.3) is 0 Å². The zero-order valence-corrected chi connectivity index (χ0v) is 17.7. The lowest BCUT2D eigenvalue weighted by atomic mass is 9.86. The number of aromatic amines is 1. The molecular weight excluding hydrogens is 421 g/mol. The van der Waals surface area contributed by atoms with E-state index in [0.29, 0.717) is 33.5 Å². The molecule has 1 aromatic heterocycles. The van der Waals surface area contributed by atoms with Gasteiger partial charge in [-0.2, -0.15) is 0 Å². The average molecular weight is 441 g/mol. The Balaban J connectivity index is 1.69. The van der Waals surface area contributed by atoms with Crippen molar-refractivity contribution < 1.29 is 18.7 Å². The number of fused-ring (bicyclic) bond motifs is 1. The van der Waals surface area contributed by atoms with Crippen molar-refractivity contribution in [1.29, 1.82) is 0 Å². The average Bonchev–Trinajstić information content (AvgIpc) is 2.77. The number of rotatable bonds is 6. The number of halogens is 1. The van der Waals surface area contributed by atoms with Crippen LogP contribution in [0.1, 0.15) is 29.0 Å². The highest BCUT2D eigenvalue weighted by Gasteiger charge is 2.33. The molecule has 7 nitrogen and oxygen atoms in total. The first-order valence-electron chi connectivity index (χ1n) is 9.51. The summed E-state index contributed by atoms with van der Waals surface area (Å²) in [5, 5.41) is 3.07. The van der Waals surface area contributed by atoms with E-state index >= 15 is 0 Å². The molecule has 2 aromatic carbocycles. The third-order valence-corrected chi connectivity index (χ3v) is 5.97. The number of hydrogen-bond acceptors (Lipinski definition) is 6. The van der Waals surface area contributed by atoms with E-state index in [9.17, 15) is 14.0 Å². The van der Waals surface area contributed by atoms with Crippen LogP contribution < -0.4 is 20.3 Å². The lowest BCUT2D eigenvalue weighted by molar-refractivity contribution is -0.116. The number of hydrogen-bond donors (Lipinski definition) is 2. The quantitative estimate of drug-likeness (QED) is 0.448. The largest absolute Gasteiger partial charge is 0.497 e. The van der Waals surface area contributed by atoms with Crippen molar-refractivity contribution in [2.45, 2.75) is 23.2 Å². The van der Waals surface area contributed by atoms with Crippen molar-refractivity contribution in [3.05, 3.63) is 75.3 Å². The molecule has 1 aliphatic heterocycles. The Bertz CT molecular complexity index is 1180. The number of H-pyrrole nitrogens is 1. The van der Waals surface area contributed by atoms with E-state index in [1.54, 1.807) is 37.4 Å². The molecule has 0 radical (unpaired) electrons. The number of nitrogens with zero attached hydrogens (tertiary/aromatic N) is 1. The van der Waals surface area contributed by atoms with Crippen LogP contribution >= 0.6 is 11.8 Å². The highest BCUT2D eigenvalue weighted by atomic mass is 32.2. The van der Waals surface area contributed by atoms with Crippen molar-refractivity contribution in [2.75, 3.05) is 19.5 Å². The summed E-state index contributed by atoms with van der Waals surface area (Å²) in [4.78, 5) is 32.7. The molecule has 160 valence electrons. The van der Waals surface area contributed by atoms with Gasteiger partial charge < -0.3 is 19.8 Å². The number of anilines is 1. The predicted octanol–water partition coefficient (Wildman–Crippen LogP) is 3.69. The number of ether oxygens (including phenoxy) is 2. The summed E-state index contributed by atoms with van der Waals surface area (Å²) in [7, 11) is 3.08. The number of amides is 1. The number of carbonyl (C=O) groups is 1. The Morgan fingerprint density at radius 3 is 2.61 bits per heavy atom. The van der Waals surface area contributed by atoms with E-state index in [2.05, 4.69) is 15.3 Å². The molecule has 31 heavy (non-hydrogen) atoms. The Morgan fingerprint density at radius 2 is 1.90 bits per heavy atom. The molecular formula is C22H20FN3O4S. The van der Waals surface area contributed by atoms with Crippen molar-refractivity contribution in [1.82, 2.24) is 9.97 Å². The zero-order chi connectivity index (χ0) is 22.0. The normalized spacial score (nSPS) is 15.2. The number of aromatic nitrogens is 2. The van der Waals surface area contributed by atoms with E-state index in [4.69, 9.17) is 9.47 Å². The van der Waals surface area contributed by atoms with E-state index in [1.807, 2.05) is 0 Å². The van der Waals surface area contributed by atoms with Gasteiger partial charge in [-0.25, -0.2) is 9.37 Å². The third kappa shape index (κ3) is 4.41. The fourth-order valence-corrected chi connectivity index (χ4v) is 4.35. The van der Waals surface area contributed by atoms with Crippen LogP contribution in [0.15, 0.2) is 52.4 Å². The van der Waals surface area contributed by atoms with Gasteiger partial charge in [0.05, 0.1) is 19.8 Å². The molecule has 1 aliphatic rings. The third-order valence-electron chi connectivity index (χ3n) is 5.03. The van der Waals surface area contributed by atoms with Gasteiger partial charge in [0.15, 0.2) is 5.16 Å². The summed E-state index contributed by atoms with van der Waals surface area (Å²) in [5.74, 6) is 0.798. The molecule has 0 fully saturated rings. The van der Waals surface area contributed by atoms with Gasteiger partial charge >= 0.3 is 0 Å². The molecule has 4 rings (SSSR count). The summed E-state index contributed by atoms with van der Waals surface area (Å²) in [5.41, 5.74) is 1.60. The summed E-state index contributed by atoms with van der Waals surface area (Å²) in [6.07, 6.45) is 0.0867. The Labute approximate surface area is 182 Å². The van der Waals surface area contributed by atoms with E-state index in [0.717, 1.165) is 5.56 Å². The first-order valence-corrected chi connectivity index (χ1v) is 10.5. The number of methoxy groups -OCH3 is 2. The van der Waals surface area contributed by atoms with E-state index in [-0.39, 0.29) is 29.5 Å². The second-order valence-electron chi connectivity index (χ2n) is 6.96. The minimum atomic E-state index is -0.527. The van der Waals surface area contributed by atoms with Crippen molar-refractivity contribution in [2.24, 2.45) is 0 Å². The Morgan fingerprint density at radius 1 is 1.13 bits per heavy atom. The van der Waals surface area contributed by atoms with Crippen LogP contribution in [0.4, 0.5) is 10.2 Å². The first kappa shape index (κ1) is 20.9. The minimum Gasteiger partial charge on any atom is -0.497 e. The highest BCUT2D eigenvalue weighted by molar-refractivity contribution is 7.98. The maximum Gasteiger partial charge on any atom is 0.257 e. The summed E-state index contributed by atoms with van der Waals surface area (Å²) in [6.45, 7) is 0. The van der Waals surface area contributed by atoms with Crippen LogP contribution in [0, 0.1) is 5.82 Å². The molecule has 0 spiro atoms. The highest BCUT2D eigenvalue weighted by Crippen LogP contribution is 2.40. The maximum absolute atomic E-state index is 13.1. The molecule has 0 saturated carbocycles. The fraction of sp³-hybridized carbons (Fsp3) is 0.227. The first-order chi connectivity index (χ1) is 15.0. The second-order valence-corrected chi connectivity index (χ2v) is 7.93. The molecule has 1 unspecified atom stereocenters. The molecule has 1 amide bonds. The lowest BCUT2D eigenvalue weighted by Crippen LogP contribution is -2.31. The molecule has 2 heterocycles. The van der Waals surface area contributed by atoms with Gasteiger partial charge in [-0.15, -0.1) is 0 Å². The molecule has 9 heteroatoms. The fourth-order valence-electron chi connectivity index (χ4n) is 3.53. The van der Waals surface area contributed by atoms with Crippen LogP contribution in [0.3, 0.4) is 0 Å². The van der Waals surface area contributed by atoms with Crippen LogP contribution in [0.2, 0.25) is 0 Å². The Hall–Kier alpha value is -3.33. The topological polar surface area (TPSA) is 93.3 Å². The molecule has 1 atom stereocenters. The van der Waals surface area contributed by atoms with Gasteiger partial charge in [0.1, 0.15) is 23.1 Å². The summed E-state index contributed by atoms with van der Waals surface area (Å²) < 4.78 is 23.8. The number of carbonyl (C=O) groups excluding carboxylic acids is 1. The molecule has 0 bridgehead atoms. The molecule has 0 aliphatic carbocycles. The number of benzene rings is 2. The van der Waals surface area contributed by atoms with E-state index < -0.39 is 5.92 Å². The van der Waals surface area contributed by atoms with Crippen molar-refractivity contribution >= 4 is 23.5 Å². The number of thioether (sulfide) groups is 1. The lowest BCUT2D eigenvalue weighted by Gasteiger charge is -2.26. The van der Waals surface area contributed by atoms with Crippen LogP contribution in [-0.2, 0) is 10.5 Å². The van der Waals surface area contributed by atoms with Gasteiger partial charge in [-0.1, -0.05) is 23.9 Å². The summed E-state index contributed by atoms with van der Waals surface area (Å²) in [6, 6.07) is 11.4. The number of nitrogens with one attached hydrogen (secondary N) is 2. The van der Waals surface area contributed by atoms with Crippen molar-refractivity contribution in [3.63, 3.8) is 0 Å². The van der Waals surface area contributed by atoms with Gasteiger partial charge in [-0.3, -0.25) is 9.59 Å². The van der Waals surface area contributed by atoms with E-state index in [1.165, 1.54) is 31.0 Å². The molecule has 0 saturated heterocycles. The van der Waals surface area contributed by atoms with Gasteiger partial charge in [0.2, 0.25) is 5.91 Å². The van der Waals surface area contributed by atoms with Gasteiger partial charge in [-0.05, 0) is 35.9 Å². The van der Waals surface area contributed by atoms with Crippen LogP contribution in [-0.4, -0.2) is 30.1 Å². The minimum absolute atomic E-state index is 0.0867. The smallest absolute Gasteiger partial charge is 0.257 e. The van der Waals surface area contributed by atoms with Gasteiger partial charge in [0, 0.05) is 23.7 Å². The predicted molar refractivity (Wildman–Crippen MR) is 115 cm³/mol. The van der Waals surface area contributed by atoms with Gasteiger partial charge in [0.25, 0.3) is 5.56 Å². The molecule has 3 aromatic rings. The Kier molecular flexibility index (Phi) is 5.94. The summed E-state index contributed by atoms with van der Waals surface area (Å²) >= 11 is 1.29. The van der Waals surface area contributed by atoms with Crippen molar-refractivity contribution in [3.8, 4) is 11.5 Å². The second kappa shape index (κ2) is 8.81. The zero-order valence-electron chi connectivity index (χ0n) is 16.9.